The van der Waals surface area contributed by atoms with Crippen LogP contribution in [0.2, 0.25) is 0 Å². The quantitative estimate of drug-likeness (QED) is 0.414. The van der Waals surface area contributed by atoms with Gasteiger partial charge in [-0.25, -0.2) is 9.59 Å². The zero-order valence-corrected chi connectivity index (χ0v) is 12.1. The van der Waals surface area contributed by atoms with Gasteiger partial charge in [-0.3, -0.25) is 4.79 Å². The first-order valence-electron chi connectivity index (χ1n) is 6.31. The molecule has 1 unspecified atom stereocenters. The second-order valence-electron chi connectivity index (χ2n) is 4.89. The summed E-state index contributed by atoms with van der Waals surface area (Å²) in [5, 5.41) is 10.5. The molecule has 1 N–H and O–H groups in total. The van der Waals surface area contributed by atoms with Gasteiger partial charge in [0.2, 0.25) is 5.91 Å². The summed E-state index contributed by atoms with van der Waals surface area (Å²) in [5.74, 6) is -2.68. The molecule has 1 aliphatic heterocycles. The molecule has 0 bridgehead atoms. The summed E-state index contributed by atoms with van der Waals surface area (Å²) in [4.78, 5) is 37.4. The van der Waals surface area contributed by atoms with Gasteiger partial charge in [-0.15, -0.1) is 0 Å². The van der Waals surface area contributed by atoms with Gasteiger partial charge in [0.05, 0.1) is 6.42 Å². The molecular weight excluding hydrogens is 278 g/mol. The largest absolute Gasteiger partial charge is 0.459 e. The Labute approximate surface area is 122 Å². The molecule has 0 aromatic heterocycles. The van der Waals surface area contributed by atoms with Crippen LogP contribution in [-0.4, -0.2) is 59.3 Å². The van der Waals surface area contributed by atoms with Gasteiger partial charge in [-0.2, -0.15) is 0 Å². The van der Waals surface area contributed by atoms with E-state index in [2.05, 4.69) is 13.2 Å². The normalized spacial score (nSPS) is 23.6. The third kappa shape index (κ3) is 2.56. The number of carbonyl (C=O) groups is 3. The Morgan fingerprint density at radius 2 is 1.71 bits per heavy atom. The van der Waals surface area contributed by atoms with Crippen molar-refractivity contribution in [3.8, 4) is 0 Å². The van der Waals surface area contributed by atoms with Crippen LogP contribution in [0.3, 0.4) is 0 Å². The Morgan fingerprint density at radius 3 is 2.00 bits per heavy atom. The number of aliphatic hydroxyl groups is 1. The fourth-order valence-electron chi connectivity index (χ4n) is 2.36. The number of hydrogen-bond donors (Lipinski definition) is 1. The highest BCUT2D eigenvalue weighted by atomic mass is 16.6. The standard InChI is InChI=1S/C14H19NO6/c1-5-7-20-11(17)14(12(18)21-8-6-2)13(3,19)9-10(16)15(14)4/h5-6,19H,1-2,7-9H2,3-4H3. The van der Waals surface area contributed by atoms with Gasteiger partial charge in [0.25, 0.3) is 5.54 Å². The Morgan fingerprint density at radius 1 is 1.29 bits per heavy atom. The average Bonchev–Trinajstić information content (AvgIpc) is 2.60. The molecule has 21 heavy (non-hydrogen) atoms. The van der Waals surface area contributed by atoms with Crippen LogP contribution in [0.15, 0.2) is 25.3 Å². The molecule has 0 aromatic rings. The summed E-state index contributed by atoms with van der Waals surface area (Å²) in [6, 6.07) is 0. The summed E-state index contributed by atoms with van der Waals surface area (Å²) in [6.07, 6.45) is 2.23. The van der Waals surface area contributed by atoms with Crippen molar-refractivity contribution in [1.29, 1.82) is 0 Å². The van der Waals surface area contributed by atoms with E-state index in [4.69, 9.17) is 9.47 Å². The molecule has 0 radical (unpaired) electrons. The minimum atomic E-state index is -2.24. The van der Waals surface area contributed by atoms with Crippen LogP contribution in [0, 0.1) is 0 Å². The van der Waals surface area contributed by atoms with Crippen molar-refractivity contribution in [2.75, 3.05) is 20.3 Å². The van der Waals surface area contributed by atoms with Crippen molar-refractivity contribution in [3.63, 3.8) is 0 Å². The van der Waals surface area contributed by atoms with E-state index in [0.29, 0.717) is 0 Å². The first-order chi connectivity index (χ1) is 9.75. The fraction of sp³-hybridized carbons (Fsp3) is 0.500. The lowest BCUT2D eigenvalue weighted by molar-refractivity contribution is -0.185. The van der Waals surface area contributed by atoms with Crippen LogP contribution >= 0.6 is 0 Å². The highest BCUT2D eigenvalue weighted by molar-refractivity contribution is 6.12. The molecular formula is C14H19NO6. The SMILES string of the molecule is C=CCOC(=O)C1(C(=O)OCC=C)N(C)C(=O)CC1(C)O. The van der Waals surface area contributed by atoms with E-state index < -0.39 is 35.4 Å². The van der Waals surface area contributed by atoms with E-state index in [1.165, 1.54) is 26.1 Å². The van der Waals surface area contributed by atoms with E-state index >= 15 is 0 Å². The second kappa shape index (κ2) is 6.09. The smallest absolute Gasteiger partial charge is 0.347 e. The van der Waals surface area contributed by atoms with Gasteiger partial charge >= 0.3 is 11.9 Å². The Hall–Kier alpha value is -2.15. The minimum absolute atomic E-state index is 0.159. The monoisotopic (exact) mass is 297 g/mol. The average molecular weight is 297 g/mol. The fourth-order valence-corrected chi connectivity index (χ4v) is 2.36. The molecule has 1 saturated heterocycles. The minimum Gasteiger partial charge on any atom is -0.459 e. The predicted molar refractivity (Wildman–Crippen MR) is 73.1 cm³/mol. The lowest BCUT2D eigenvalue weighted by atomic mass is 9.81. The maximum absolute atomic E-state index is 12.4. The number of nitrogens with zero attached hydrogens (tertiary/aromatic N) is 1. The first kappa shape index (κ1) is 16.9. The topological polar surface area (TPSA) is 93.1 Å². The van der Waals surface area contributed by atoms with Crippen LogP contribution in [-0.2, 0) is 23.9 Å². The molecule has 0 saturated carbocycles. The molecule has 0 spiro atoms. The first-order valence-corrected chi connectivity index (χ1v) is 6.31. The van der Waals surface area contributed by atoms with Crippen molar-refractivity contribution >= 4 is 17.8 Å². The van der Waals surface area contributed by atoms with E-state index in [1.54, 1.807) is 0 Å². The van der Waals surface area contributed by atoms with Crippen LogP contribution in [0.1, 0.15) is 13.3 Å². The molecule has 7 heteroatoms. The van der Waals surface area contributed by atoms with Crippen molar-refractivity contribution < 1.29 is 29.0 Å². The van der Waals surface area contributed by atoms with Crippen LogP contribution < -0.4 is 0 Å². The van der Waals surface area contributed by atoms with Crippen LogP contribution in [0.4, 0.5) is 0 Å². The zero-order valence-electron chi connectivity index (χ0n) is 12.1. The maximum Gasteiger partial charge on any atom is 0.347 e. The number of esters is 2. The van der Waals surface area contributed by atoms with Gasteiger partial charge in [-0.05, 0) is 6.92 Å². The summed E-state index contributed by atoms with van der Waals surface area (Å²) in [5.41, 5.74) is -4.19. The molecule has 1 heterocycles. The lowest BCUT2D eigenvalue weighted by Crippen LogP contribution is -2.67. The van der Waals surface area contributed by atoms with Gasteiger partial charge in [-0.1, -0.05) is 25.3 Å². The Bertz CT molecular complexity index is 458. The summed E-state index contributed by atoms with van der Waals surface area (Å²) >= 11 is 0. The van der Waals surface area contributed by atoms with E-state index in [-0.39, 0.29) is 13.2 Å². The molecule has 1 aliphatic rings. The summed E-state index contributed by atoms with van der Waals surface area (Å²) in [6.45, 7) is 7.70. The van der Waals surface area contributed by atoms with Crippen molar-refractivity contribution in [3.05, 3.63) is 25.3 Å². The Kier molecular flexibility index (Phi) is 4.90. The third-order valence-corrected chi connectivity index (χ3v) is 3.41. The molecule has 7 nitrogen and oxygen atoms in total. The van der Waals surface area contributed by atoms with Crippen molar-refractivity contribution in [2.24, 2.45) is 0 Å². The number of rotatable bonds is 6. The van der Waals surface area contributed by atoms with Crippen molar-refractivity contribution in [2.45, 2.75) is 24.5 Å². The van der Waals surface area contributed by atoms with Crippen LogP contribution in [0.5, 0.6) is 0 Å². The summed E-state index contributed by atoms with van der Waals surface area (Å²) in [7, 11) is 1.24. The van der Waals surface area contributed by atoms with E-state index in [9.17, 15) is 19.5 Å². The van der Waals surface area contributed by atoms with E-state index in [0.717, 1.165) is 4.90 Å². The van der Waals surface area contributed by atoms with Crippen LogP contribution in [0.25, 0.3) is 0 Å². The molecule has 1 amide bonds. The maximum atomic E-state index is 12.4. The van der Waals surface area contributed by atoms with Gasteiger partial charge < -0.3 is 19.5 Å². The molecule has 0 aliphatic carbocycles. The lowest BCUT2D eigenvalue weighted by Gasteiger charge is -2.38. The molecule has 0 aromatic carbocycles. The van der Waals surface area contributed by atoms with E-state index in [1.807, 2.05) is 0 Å². The third-order valence-electron chi connectivity index (χ3n) is 3.41. The molecule has 1 atom stereocenters. The number of ether oxygens (including phenoxy) is 2. The van der Waals surface area contributed by atoms with Gasteiger partial charge in [0.1, 0.15) is 18.8 Å². The highest BCUT2D eigenvalue weighted by Crippen LogP contribution is 2.40. The highest BCUT2D eigenvalue weighted by Gasteiger charge is 2.70. The number of amides is 1. The Balaban J connectivity index is 3.30. The van der Waals surface area contributed by atoms with Gasteiger partial charge in [0.15, 0.2) is 0 Å². The predicted octanol–water partition coefficient (Wildman–Crippen LogP) is -0.203. The summed E-state index contributed by atoms with van der Waals surface area (Å²) < 4.78 is 9.79. The molecule has 116 valence electrons. The second-order valence-corrected chi connectivity index (χ2v) is 4.89. The molecule has 1 fully saturated rings. The van der Waals surface area contributed by atoms with Crippen molar-refractivity contribution in [1.82, 2.24) is 4.90 Å². The number of carbonyl (C=O) groups excluding carboxylic acids is 3. The molecule has 1 rings (SSSR count). The number of likely N-dealkylation sites (N-methyl/N-ethyl adjacent to an activating group) is 1. The number of likely N-dealkylation sites (tertiary alicyclic amines) is 1. The van der Waals surface area contributed by atoms with Gasteiger partial charge in [0, 0.05) is 7.05 Å². The number of hydrogen-bond acceptors (Lipinski definition) is 6. The zero-order chi connectivity index (χ0) is 16.3.